The van der Waals surface area contributed by atoms with Crippen molar-refractivity contribution in [1.82, 2.24) is 0 Å². The molecule has 74 valence electrons. The predicted molar refractivity (Wildman–Crippen MR) is 57.4 cm³/mol. The Morgan fingerprint density at radius 2 is 2.21 bits per heavy atom. The van der Waals surface area contributed by atoms with Crippen LogP contribution in [-0.2, 0) is 11.1 Å². The van der Waals surface area contributed by atoms with Crippen LogP contribution in [0.4, 0.5) is 0 Å². The summed E-state index contributed by atoms with van der Waals surface area (Å²) < 4.78 is 26.2. The van der Waals surface area contributed by atoms with Crippen LogP contribution in [0.2, 0.25) is 0 Å². The van der Waals surface area contributed by atoms with Gasteiger partial charge in [-0.15, -0.1) is 11.3 Å². The lowest BCUT2D eigenvalue weighted by atomic mass is 10.2. The molecular formula is C9H8O3S2. The molecular weight excluding hydrogens is 220 g/mol. The minimum Gasteiger partial charge on any atom is -0.497 e. The SMILES string of the molecule is COc1ccc2cc(S(=O)O)sc2c1. The molecule has 0 radical (unpaired) electrons. The third kappa shape index (κ3) is 1.66. The highest BCUT2D eigenvalue weighted by Gasteiger charge is 2.06. The van der Waals surface area contributed by atoms with Crippen molar-refractivity contribution in [3.05, 3.63) is 24.3 Å². The Morgan fingerprint density at radius 1 is 1.43 bits per heavy atom. The maximum atomic E-state index is 10.8. The zero-order valence-corrected chi connectivity index (χ0v) is 9.02. The number of thiophene rings is 1. The fourth-order valence-electron chi connectivity index (χ4n) is 1.20. The summed E-state index contributed by atoms with van der Waals surface area (Å²) >= 11 is -0.588. The summed E-state index contributed by atoms with van der Waals surface area (Å²) in [6.45, 7) is 0. The Kier molecular flexibility index (Phi) is 2.54. The standard InChI is InChI=1S/C9H8O3S2/c1-12-7-3-2-6-4-9(14(10)11)13-8(6)5-7/h2-5H,1H3,(H,10,11). The zero-order chi connectivity index (χ0) is 10.1. The maximum Gasteiger partial charge on any atom is 0.196 e. The molecule has 0 saturated carbocycles. The topological polar surface area (TPSA) is 46.5 Å². The fraction of sp³-hybridized carbons (Fsp3) is 0.111. The predicted octanol–water partition coefficient (Wildman–Crippen LogP) is 2.49. The van der Waals surface area contributed by atoms with Crippen molar-refractivity contribution in [1.29, 1.82) is 0 Å². The smallest absolute Gasteiger partial charge is 0.196 e. The average Bonchev–Trinajstić information content (AvgIpc) is 2.59. The number of hydrogen-bond donors (Lipinski definition) is 1. The lowest BCUT2D eigenvalue weighted by Gasteiger charge is -1.97. The molecule has 3 nitrogen and oxygen atoms in total. The summed E-state index contributed by atoms with van der Waals surface area (Å²) in [7, 11) is 1.60. The Balaban J connectivity index is 2.60. The van der Waals surface area contributed by atoms with Crippen LogP contribution in [0.5, 0.6) is 5.75 Å². The van der Waals surface area contributed by atoms with Crippen LogP contribution in [0.25, 0.3) is 10.1 Å². The van der Waals surface area contributed by atoms with Gasteiger partial charge >= 0.3 is 0 Å². The number of methoxy groups -OCH3 is 1. The summed E-state index contributed by atoms with van der Waals surface area (Å²) in [5, 5.41) is 0.966. The van der Waals surface area contributed by atoms with Gasteiger partial charge in [0.15, 0.2) is 11.1 Å². The summed E-state index contributed by atoms with van der Waals surface area (Å²) in [4.78, 5) is 0. The van der Waals surface area contributed by atoms with Gasteiger partial charge in [0, 0.05) is 4.70 Å². The normalized spacial score (nSPS) is 13.0. The van der Waals surface area contributed by atoms with Crippen molar-refractivity contribution in [3.63, 3.8) is 0 Å². The van der Waals surface area contributed by atoms with E-state index < -0.39 is 11.1 Å². The molecule has 1 atom stereocenters. The molecule has 1 unspecified atom stereocenters. The van der Waals surface area contributed by atoms with E-state index >= 15 is 0 Å². The van der Waals surface area contributed by atoms with E-state index in [0.29, 0.717) is 4.21 Å². The number of ether oxygens (including phenoxy) is 1. The van der Waals surface area contributed by atoms with Crippen LogP contribution >= 0.6 is 11.3 Å². The molecule has 1 heterocycles. The van der Waals surface area contributed by atoms with E-state index in [1.54, 1.807) is 13.2 Å². The molecule has 0 aliphatic rings. The molecule has 2 rings (SSSR count). The minimum atomic E-state index is -1.89. The molecule has 1 N–H and O–H groups in total. The average molecular weight is 228 g/mol. The van der Waals surface area contributed by atoms with Gasteiger partial charge in [0.05, 0.1) is 7.11 Å². The highest BCUT2D eigenvalue weighted by Crippen LogP contribution is 2.30. The lowest BCUT2D eigenvalue weighted by Crippen LogP contribution is -1.79. The van der Waals surface area contributed by atoms with Crippen molar-refractivity contribution >= 4 is 32.5 Å². The number of benzene rings is 1. The lowest BCUT2D eigenvalue weighted by molar-refractivity contribution is 0.415. The molecule has 0 amide bonds. The minimum absolute atomic E-state index is 0.466. The zero-order valence-electron chi connectivity index (χ0n) is 7.39. The van der Waals surface area contributed by atoms with Gasteiger partial charge in [0.25, 0.3) is 0 Å². The van der Waals surface area contributed by atoms with Gasteiger partial charge in [-0.1, -0.05) is 0 Å². The van der Waals surface area contributed by atoms with E-state index in [9.17, 15) is 4.21 Å². The quantitative estimate of drug-likeness (QED) is 0.803. The molecule has 0 bridgehead atoms. The molecule has 0 aliphatic carbocycles. The van der Waals surface area contributed by atoms with Crippen molar-refractivity contribution in [2.45, 2.75) is 4.21 Å². The van der Waals surface area contributed by atoms with E-state index in [-0.39, 0.29) is 0 Å². The van der Waals surface area contributed by atoms with E-state index in [1.165, 1.54) is 11.3 Å². The van der Waals surface area contributed by atoms with E-state index in [0.717, 1.165) is 15.8 Å². The van der Waals surface area contributed by atoms with Gasteiger partial charge in [0.1, 0.15) is 9.96 Å². The fourth-order valence-corrected chi connectivity index (χ4v) is 2.80. The van der Waals surface area contributed by atoms with Crippen molar-refractivity contribution in [2.24, 2.45) is 0 Å². The van der Waals surface area contributed by atoms with Crippen LogP contribution < -0.4 is 4.74 Å². The molecule has 1 aromatic carbocycles. The third-order valence-corrected chi connectivity index (χ3v) is 3.91. The van der Waals surface area contributed by atoms with Crippen LogP contribution in [-0.4, -0.2) is 15.9 Å². The molecule has 0 spiro atoms. The molecule has 0 aliphatic heterocycles. The van der Waals surface area contributed by atoms with Gasteiger partial charge in [0.2, 0.25) is 0 Å². The molecule has 2 aromatic rings. The van der Waals surface area contributed by atoms with Gasteiger partial charge in [-0.3, -0.25) is 0 Å². The second-order valence-corrected chi connectivity index (χ2v) is 5.00. The third-order valence-electron chi connectivity index (χ3n) is 1.88. The van der Waals surface area contributed by atoms with Crippen LogP contribution in [0.1, 0.15) is 0 Å². The van der Waals surface area contributed by atoms with E-state index in [2.05, 4.69) is 0 Å². The number of rotatable bonds is 2. The highest BCUT2D eigenvalue weighted by molar-refractivity contribution is 7.82. The van der Waals surface area contributed by atoms with Gasteiger partial charge in [-0.25, -0.2) is 4.21 Å². The van der Waals surface area contributed by atoms with Crippen molar-refractivity contribution < 1.29 is 13.5 Å². The molecule has 1 aromatic heterocycles. The first kappa shape index (κ1) is 9.64. The van der Waals surface area contributed by atoms with Crippen molar-refractivity contribution in [3.8, 4) is 5.75 Å². The second-order valence-electron chi connectivity index (χ2n) is 2.72. The highest BCUT2D eigenvalue weighted by atomic mass is 32.2. The number of hydrogen-bond acceptors (Lipinski definition) is 3. The second kappa shape index (κ2) is 3.68. The molecule has 5 heteroatoms. The van der Waals surface area contributed by atoms with E-state index in [1.807, 2.05) is 18.2 Å². The Morgan fingerprint density at radius 3 is 2.86 bits per heavy atom. The summed E-state index contributed by atoms with van der Waals surface area (Å²) in [5.41, 5.74) is 0. The molecule has 0 saturated heterocycles. The summed E-state index contributed by atoms with van der Waals surface area (Å²) in [6, 6.07) is 7.28. The largest absolute Gasteiger partial charge is 0.497 e. The monoisotopic (exact) mass is 228 g/mol. The summed E-state index contributed by atoms with van der Waals surface area (Å²) in [5.74, 6) is 0.759. The van der Waals surface area contributed by atoms with Gasteiger partial charge in [-0.2, -0.15) is 0 Å². The van der Waals surface area contributed by atoms with E-state index in [4.69, 9.17) is 9.29 Å². The summed E-state index contributed by atoms with van der Waals surface area (Å²) in [6.07, 6.45) is 0. The van der Waals surface area contributed by atoms with Crippen LogP contribution in [0.3, 0.4) is 0 Å². The van der Waals surface area contributed by atoms with Gasteiger partial charge in [-0.05, 0) is 29.7 Å². The maximum absolute atomic E-state index is 10.8. The molecule has 14 heavy (non-hydrogen) atoms. The first-order valence-electron chi connectivity index (χ1n) is 3.89. The van der Waals surface area contributed by atoms with Crippen LogP contribution in [0.15, 0.2) is 28.5 Å². The Labute approximate surface area is 87.6 Å². The van der Waals surface area contributed by atoms with Crippen molar-refractivity contribution in [2.75, 3.05) is 7.11 Å². The number of fused-ring (bicyclic) bond motifs is 1. The first-order valence-corrected chi connectivity index (χ1v) is 5.81. The Hall–Kier alpha value is -0.910. The first-order chi connectivity index (χ1) is 6.70. The Bertz CT molecular complexity index is 490. The molecule has 0 fully saturated rings. The van der Waals surface area contributed by atoms with Gasteiger partial charge < -0.3 is 9.29 Å². The van der Waals surface area contributed by atoms with Crippen LogP contribution in [0, 0.1) is 0 Å².